The second-order valence-electron chi connectivity index (χ2n) is 3.90. The summed E-state index contributed by atoms with van der Waals surface area (Å²) in [5, 5.41) is 0. The van der Waals surface area contributed by atoms with Crippen molar-refractivity contribution in [3.05, 3.63) is 29.8 Å². The first-order valence-electron chi connectivity index (χ1n) is 4.88. The number of hydrogen-bond donors (Lipinski definition) is 0. The Labute approximate surface area is 91.2 Å². The highest BCUT2D eigenvalue weighted by Crippen LogP contribution is 2.17. The van der Waals surface area contributed by atoms with Crippen LogP contribution in [-0.2, 0) is 14.3 Å². The normalized spacial score (nSPS) is 12.0. The molecule has 1 rings (SSSR count). The molecule has 0 spiro atoms. The lowest BCUT2D eigenvalue weighted by atomic mass is 10.2. The van der Waals surface area contributed by atoms with E-state index in [1.807, 2.05) is 13.8 Å². The zero-order chi connectivity index (χ0) is 11.5. The second kappa shape index (κ2) is 4.77. The lowest BCUT2D eigenvalue weighted by Gasteiger charge is -2.09. The minimum absolute atomic E-state index is 0.198. The molecule has 0 aliphatic carbocycles. The van der Waals surface area contributed by atoms with Crippen LogP contribution < -0.4 is 0 Å². The van der Waals surface area contributed by atoms with Gasteiger partial charge in [0.2, 0.25) is 0 Å². The highest BCUT2D eigenvalue weighted by molar-refractivity contribution is 7.86. The predicted octanol–water partition coefficient (Wildman–Crippen LogP) is 2.36. The fourth-order valence-electron chi connectivity index (χ4n) is 1.13. The monoisotopic (exact) mass is 228 g/mol. The van der Waals surface area contributed by atoms with Gasteiger partial charge in [-0.15, -0.1) is 0 Å². The zero-order valence-corrected chi connectivity index (χ0v) is 10.0. The van der Waals surface area contributed by atoms with Crippen molar-refractivity contribution in [1.82, 2.24) is 0 Å². The third-order valence-corrected chi connectivity index (χ3v) is 3.36. The Balaban J connectivity index is 2.92. The van der Waals surface area contributed by atoms with Crippen LogP contribution in [0.2, 0.25) is 0 Å². The first kappa shape index (κ1) is 12.2. The molecular weight excluding hydrogens is 212 g/mol. The van der Waals surface area contributed by atoms with Gasteiger partial charge in [-0.1, -0.05) is 32.0 Å². The van der Waals surface area contributed by atoms with Crippen LogP contribution in [0.25, 0.3) is 0 Å². The molecule has 0 heterocycles. The summed E-state index contributed by atoms with van der Waals surface area (Å²) < 4.78 is 28.4. The first-order valence-corrected chi connectivity index (χ1v) is 6.29. The maximum atomic E-state index is 11.7. The summed E-state index contributed by atoms with van der Waals surface area (Å²) in [7, 11) is -3.59. The van der Waals surface area contributed by atoms with E-state index < -0.39 is 10.1 Å². The van der Waals surface area contributed by atoms with Crippen LogP contribution in [0.5, 0.6) is 0 Å². The summed E-state index contributed by atoms with van der Waals surface area (Å²) in [6.45, 7) is 5.79. The molecule has 0 amide bonds. The van der Waals surface area contributed by atoms with Crippen LogP contribution in [0.4, 0.5) is 0 Å². The first-order chi connectivity index (χ1) is 6.93. The summed E-state index contributed by atoms with van der Waals surface area (Å²) in [4.78, 5) is 0.255. The van der Waals surface area contributed by atoms with Crippen molar-refractivity contribution < 1.29 is 12.6 Å². The molecule has 15 heavy (non-hydrogen) atoms. The topological polar surface area (TPSA) is 43.4 Å². The quantitative estimate of drug-likeness (QED) is 0.743. The molecule has 0 N–H and O–H groups in total. The minimum Gasteiger partial charge on any atom is -0.266 e. The molecule has 1 aromatic rings. The SMILES string of the molecule is Cc1ccccc1S(=O)(=O)OCC(C)C. The van der Waals surface area contributed by atoms with Crippen LogP contribution in [0, 0.1) is 12.8 Å². The molecule has 4 heteroatoms. The molecule has 0 aromatic heterocycles. The van der Waals surface area contributed by atoms with Gasteiger partial charge in [-0.2, -0.15) is 8.42 Å². The van der Waals surface area contributed by atoms with E-state index >= 15 is 0 Å². The van der Waals surface area contributed by atoms with E-state index in [0.29, 0.717) is 5.56 Å². The van der Waals surface area contributed by atoms with Gasteiger partial charge in [-0.25, -0.2) is 0 Å². The van der Waals surface area contributed by atoms with Crippen LogP contribution >= 0.6 is 0 Å². The van der Waals surface area contributed by atoms with Crippen LogP contribution in [-0.4, -0.2) is 15.0 Å². The Hall–Kier alpha value is -0.870. The van der Waals surface area contributed by atoms with Crippen molar-refractivity contribution in [1.29, 1.82) is 0 Å². The van der Waals surface area contributed by atoms with Crippen LogP contribution in [0.15, 0.2) is 29.2 Å². The Morgan fingerprint density at radius 3 is 2.40 bits per heavy atom. The summed E-state index contributed by atoms with van der Waals surface area (Å²) in [5.41, 5.74) is 0.709. The van der Waals surface area contributed by atoms with Gasteiger partial charge >= 0.3 is 0 Å². The van der Waals surface area contributed by atoms with Crippen LogP contribution in [0.1, 0.15) is 19.4 Å². The molecule has 0 aliphatic heterocycles. The lowest BCUT2D eigenvalue weighted by Crippen LogP contribution is -2.12. The van der Waals surface area contributed by atoms with E-state index in [4.69, 9.17) is 4.18 Å². The average Bonchev–Trinajstić information content (AvgIpc) is 2.15. The van der Waals surface area contributed by atoms with Gasteiger partial charge in [0.05, 0.1) is 11.5 Å². The summed E-state index contributed by atoms with van der Waals surface area (Å²) in [6, 6.07) is 6.81. The minimum atomic E-state index is -3.59. The maximum Gasteiger partial charge on any atom is 0.297 e. The number of aryl methyl sites for hydroxylation is 1. The summed E-state index contributed by atoms with van der Waals surface area (Å²) in [6.07, 6.45) is 0. The molecule has 3 nitrogen and oxygen atoms in total. The zero-order valence-electron chi connectivity index (χ0n) is 9.23. The van der Waals surface area contributed by atoms with Crippen molar-refractivity contribution in [2.75, 3.05) is 6.61 Å². The number of benzene rings is 1. The standard InChI is InChI=1S/C11H16O3S/c1-9(2)8-14-15(12,13)11-7-5-4-6-10(11)3/h4-7,9H,8H2,1-3H3. The fourth-order valence-corrected chi connectivity index (χ4v) is 2.41. The Bertz CT molecular complexity index is 421. The van der Waals surface area contributed by atoms with Gasteiger partial charge in [0, 0.05) is 0 Å². The molecule has 0 aliphatic rings. The molecule has 1 aromatic carbocycles. The van der Waals surface area contributed by atoms with Crippen molar-refractivity contribution in [2.24, 2.45) is 5.92 Å². The highest BCUT2D eigenvalue weighted by atomic mass is 32.2. The Morgan fingerprint density at radius 1 is 1.27 bits per heavy atom. The van der Waals surface area contributed by atoms with E-state index in [-0.39, 0.29) is 17.4 Å². The molecule has 0 atom stereocenters. The fraction of sp³-hybridized carbons (Fsp3) is 0.455. The molecule has 0 radical (unpaired) electrons. The smallest absolute Gasteiger partial charge is 0.266 e. The van der Waals surface area contributed by atoms with Gasteiger partial charge in [0.1, 0.15) is 0 Å². The van der Waals surface area contributed by atoms with Crippen molar-refractivity contribution in [2.45, 2.75) is 25.7 Å². The molecule has 0 saturated carbocycles. The maximum absolute atomic E-state index is 11.7. The van der Waals surface area contributed by atoms with Crippen molar-refractivity contribution in [3.8, 4) is 0 Å². The highest BCUT2D eigenvalue weighted by Gasteiger charge is 2.17. The van der Waals surface area contributed by atoms with Gasteiger partial charge in [-0.05, 0) is 24.5 Å². The third-order valence-electron chi connectivity index (χ3n) is 1.92. The molecule has 0 unspecified atom stereocenters. The van der Waals surface area contributed by atoms with E-state index in [2.05, 4.69) is 0 Å². The van der Waals surface area contributed by atoms with Gasteiger partial charge in [0.15, 0.2) is 0 Å². The Morgan fingerprint density at radius 2 is 1.87 bits per heavy atom. The number of rotatable bonds is 4. The van der Waals surface area contributed by atoms with Gasteiger partial charge < -0.3 is 0 Å². The molecule has 0 bridgehead atoms. The van der Waals surface area contributed by atoms with Gasteiger partial charge in [-0.3, -0.25) is 4.18 Å². The summed E-state index contributed by atoms with van der Waals surface area (Å²) >= 11 is 0. The molecular formula is C11H16O3S. The van der Waals surface area contributed by atoms with Crippen LogP contribution in [0.3, 0.4) is 0 Å². The van der Waals surface area contributed by atoms with E-state index in [9.17, 15) is 8.42 Å². The average molecular weight is 228 g/mol. The Kier molecular flexibility index (Phi) is 3.88. The predicted molar refractivity (Wildman–Crippen MR) is 59.2 cm³/mol. The molecule has 84 valence electrons. The largest absolute Gasteiger partial charge is 0.297 e. The number of hydrogen-bond acceptors (Lipinski definition) is 3. The summed E-state index contributed by atoms with van der Waals surface area (Å²) in [5.74, 6) is 0.198. The van der Waals surface area contributed by atoms with E-state index in [1.165, 1.54) is 0 Å². The molecule has 0 fully saturated rings. The van der Waals surface area contributed by atoms with Crippen molar-refractivity contribution in [3.63, 3.8) is 0 Å². The third kappa shape index (κ3) is 3.32. The van der Waals surface area contributed by atoms with E-state index in [0.717, 1.165) is 0 Å². The van der Waals surface area contributed by atoms with Gasteiger partial charge in [0.25, 0.3) is 10.1 Å². The van der Waals surface area contributed by atoms with Crippen molar-refractivity contribution >= 4 is 10.1 Å². The molecule has 0 saturated heterocycles. The van der Waals surface area contributed by atoms with E-state index in [1.54, 1.807) is 31.2 Å². The lowest BCUT2D eigenvalue weighted by molar-refractivity contribution is 0.275. The second-order valence-corrected chi connectivity index (χ2v) is 5.48.